The van der Waals surface area contributed by atoms with Gasteiger partial charge in [-0.15, -0.1) is 0 Å². The maximum atomic E-state index is 6.27. The Morgan fingerprint density at radius 1 is 0.926 bits per heavy atom. The first-order valence-corrected chi connectivity index (χ1v) is 10.3. The molecule has 0 radical (unpaired) electrons. The number of piperidine rings is 1. The molecule has 2 atom stereocenters. The average Bonchev–Trinajstić information content (AvgIpc) is 3.01. The fraction of sp³-hybridized carbons (Fsp3) is 0.478. The van der Waals surface area contributed by atoms with Crippen molar-refractivity contribution in [2.24, 2.45) is 0 Å². The van der Waals surface area contributed by atoms with Gasteiger partial charge < -0.3 is 9.80 Å². The van der Waals surface area contributed by atoms with Gasteiger partial charge >= 0.3 is 0 Å². The van der Waals surface area contributed by atoms with Gasteiger partial charge in [0.2, 0.25) is 0 Å². The predicted octanol–water partition coefficient (Wildman–Crippen LogP) is 3.80. The Morgan fingerprint density at radius 3 is 2.56 bits per heavy atom. The van der Waals surface area contributed by atoms with Crippen molar-refractivity contribution in [3.05, 3.63) is 65.2 Å². The quantitative estimate of drug-likeness (QED) is 0.822. The van der Waals surface area contributed by atoms with Crippen LogP contribution < -0.4 is 4.90 Å². The minimum atomic E-state index is 0.412. The minimum absolute atomic E-state index is 0.412. The highest BCUT2D eigenvalue weighted by Gasteiger charge is 2.39. The molecule has 142 valence electrons. The standard InChI is InChI=1S/C23H29N3O/c1-24-11-13-25(14-12-24)20-7-8-21-19-9-10-26(23(15-19)22(21)16-20)27-17-18-5-3-2-4-6-18/h2-8,16,19,23H,9-15,17H2,1H3. The molecule has 2 bridgehead atoms. The largest absolute Gasteiger partial charge is 0.369 e. The molecule has 0 saturated carbocycles. The maximum absolute atomic E-state index is 6.27. The molecule has 2 aromatic carbocycles. The number of hydrogen-bond donors (Lipinski definition) is 0. The maximum Gasteiger partial charge on any atom is 0.0936 e. The molecule has 4 nitrogen and oxygen atoms in total. The van der Waals surface area contributed by atoms with E-state index in [1.165, 1.54) is 29.7 Å². The summed E-state index contributed by atoms with van der Waals surface area (Å²) >= 11 is 0. The van der Waals surface area contributed by atoms with Gasteiger partial charge in [0.15, 0.2) is 0 Å². The predicted molar refractivity (Wildman–Crippen MR) is 109 cm³/mol. The van der Waals surface area contributed by atoms with Gasteiger partial charge in [0.05, 0.1) is 12.6 Å². The lowest BCUT2D eigenvalue weighted by Gasteiger charge is -2.35. The van der Waals surface area contributed by atoms with E-state index in [1.807, 2.05) is 0 Å². The van der Waals surface area contributed by atoms with E-state index in [0.717, 1.165) is 32.7 Å². The molecule has 27 heavy (non-hydrogen) atoms. The molecule has 3 aliphatic rings. The number of benzene rings is 2. The Kier molecular flexibility index (Phi) is 4.64. The normalized spacial score (nSPS) is 25.6. The molecule has 0 N–H and O–H groups in total. The lowest BCUT2D eigenvalue weighted by atomic mass is 9.96. The Morgan fingerprint density at radius 2 is 1.74 bits per heavy atom. The summed E-state index contributed by atoms with van der Waals surface area (Å²) in [5.74, 6) is 0.711. The van der Waals surface area contributed by atoms with Gasteiger partial charge in [-0.3, -0.25) is 4.84 Å². The summed E-state index contributed by atoms with van der Waals surface area (Å²) in [5.41, 5.74) is 5.69. The van der Waals surface area contributed by atoms with Gasteiger partial charge in [-0.05, 0) is 54.6 Å². The zero-order valence-corrected chi connectivity index (χ0v) is 16.2. The molecule has 2 aromatic rings. The zero-order valence-electron chi connectivity index (χ0n) is 16.2. The van der Waals surface area contributed by atoms with Crippen molar-refractivity contribution >= 4 is 5.69 Å². The molecular formula is C23H29N3O. The van der Waals surface area contributed by atoms with Crippen molar-refractivity contribution in [3.63, 3.8) is 0 Å². The number of piperazine rings is 1. The van der Waals surface area contributed by atoms with E-state index in [1.54, 1.807) is 5.56 Å². The topological polar surface area (TPSA) is 19.0 Å². The first kappa shape index (κ1) is 17.2. The van der Waals surface area contributed by atoms with Crippen molar-refractivity contribution in [1.29, 1.82) is 0 Å². The number of hydroxylamine groups is 2. The molecular weight excluding hydrogens is 334 g/mol. The summed E-state index contributed by atoms with van der Waals surface area (Å²) in [6.45, 7) is 6.23. The molecule has 4 heteroatoms. The molecule has 0 spiro atoms. The smallest absolute Gasteiger partial charge is 0.0936 e. The SMILES string of the molecule is CN1CCN(c2ccc3c(c2)C2CC3CCN2OCc2ccccc2)CC1. The monoisotopic (exact) mass is 363 g/mol. The number of hydrogen-bond acceptors (Lipinski definition) is 4. The fourth-order valence-electron chi connectivity index (χ4n) is 4.88. The second-order valence-electron chi connectivity index (χ2n) is 8.24. The third kappa shape index (κ3) is 3.38. The summed E-state index contributed by atoms with van der Waals surface area (Å²) in [5, 5.41) is 2.25. The van der Waals surface area contributed by atoms with Crippen molar-refractivity contribution in [1.82, 2.24) is 9.96 Å². The number of rotatable bonds is 4. The van der Waals surface area contributed by atoms with Crippen LogP contribution in [0.25, 0.3) is 0 Å². The second kappa shape index (κ2) is 7.27. The highest BCUT2D eigenvalue weighted by atomic mass is 16.7. The van der Waals surface area contributed by atoms with Crippen LogP contribution in [-0.4, -0.2) is 49.7 Å². The minimum Gasteiger partial charge on any atom is -0.369 e. The number of anilines is 1. The van der Waals surface area contributed by atoms with Crippen molar-refractivity contribution in [2.45, 2.75) is 31.4 Å². The summed E-state index contributed by atoms with van der Waals surface area (Å²) in [6, 6.07) is 18.1. The molecule has 0 amide bonds. The Bertz CT molecular complexity index is 785. The third-order valence-electron chi connectivity index (χ3n) is 6.53. The second-order valence-corrected chi connectivity index (χ2v) is 8.24. The zero-order chi connectivity index (χ0) is 18.2. The van der Waals surface area contributed by atoms with E-state index in [0.29, 0.717) is 18.6 Å². The summed E-state index contributed by atoms with van der Waals surface area (Å²) in [7, 11) is 2.21. The number of fused-ring (bicyclic) bond motifs is 5. The van der Waals surface area contributed by atoms with Crippen LogP contribution >= 0.6 is 0 Å². The summed E-state index contributed by atoms with van der Waals surface area (Å²) in [4.78, 5) is 11.2. The molecule has 2 aliphatic heterocycles. The molecule has 2 heterocycles. The van der Waals surface area contributed by atoms with E-state index in [4.69, 9.17) is 4.84 Å². The first-order valence-electron chi connectivity index (χ1n) is 10.3. The van der Waals surface area contributed by atoms with Crippen LogP contribution in [0.2, 0.25) is 0 Å². The molecule has 0 aromatic heterocycles. The van der Waals surface area contributed by atoms with E-state index >= 15 is 0 Å². The van der Waals surface area contributed by atoms with Crippen LogP contribution in [0.15, 0.2) is 48.5 Å². The molecule has 1 aliphatic carbocycles. The summed E-state index contributed by atoms with van der Waals surface area (Å²) in [6.07, 6.45) is 2.41. The van der Waals surface area contributed by atoms with E-state index in [2.05, 4.69) is 70.4 Å². The van der Waals surface area contributed by atoms with Gasteiger partial charge in [0.25, 0.3) is 0 Å². The Hall–Kier alpha value is -1.88. The van der Waals surface area contributed by atoms with Gasteiger partial charge in [-0.2, -0.15) is 5.06 Å². The average molecular weight is 364 g/mol. The van der Waals surface area contributed by atoms with E-state index < -0.39 is 0 Å². The van der Waals surface area contributed by atoms with Gasteiger partial charge in [0.1, 0.15) is 0 Å². The fourth-order valence-corrected chi connectivity index (χ4v) is 4.88. The van der Waals surface area contributed by atoms with Crippen LogP contribution in [0.3, 0.4) is 0 Å². The van der Waals surface area contributed by atoms with Gasteiger partial charge in [-0.1, -0.05) is 36.4 Å². The summed E-state index contributed by atoms with van der Waals surface area (Å²) < 4.78 is 0. The Labute approximate surface area is 162 Å². The highest BCUT2D eigenvalue weighted by Crippen LogP contribution is 2.50. The molecule has 2 saturated heterocycles. The lowest BCUT2D eigenvalue weighted by Crippen LogP contribution is -2.44. The van der Waals surface area contributed by atoms with Crippen LogP contribution in [0.1, 0.15) is 41.5 Å². The highest BCUT2D eigenvalue weighted by molar-refractivity contribution is 5.55. The Balaban J connectivity index is 1.34. The number of likely N-dealkylation sites (N-methyl/N-ethyl adjacent to an activating group) is 1. The van der Waals surface area contributed by atoms with Crippen molar-refractivity contribution < 1.29 is 4.84 Å². The third-order valence-corrected chi connectivity index (χ3v) is 6.53. The van der Waals surface area contributed by atoms with Crippen LogP contribution in [0.5, 0.6) is 0 Å². The first-order chi connectivity index (χ1) is 13.3. The van der Waals surface area contributed by atoms with Gasteiger partial charge in [-0.25, -0.2) is 0 Å². The van der Waals surface area contributed by atoms with Crippen LogP contribution in [-0.2, 0) is 11.4 Å². The van der Waals surface area contributed by atoms with E-state index in [9.17, 15) is 0 Å². The van der Waals surface area contributed by atoms with Crippen molar-refractivity contribution in [2.75, 3.05) is 44.7 Å². The molecule has 2 fully saturated rings. The van der Waals surface area contributed by atoms with Crippen LogP contribution in [0.4, 0.5) is 5.69 Å². The molecule has 5 rings (SSSR count). The van der Waals surface area contributed by atoms with Crippen molar-refractivity contribution in [3.8, 4) is 0 Å². The lowest BCUT2D eigenvalue weighted by molar-refractivity contribution is -0.207. The van der Waals surface area contributed by atoms with Crippen LogP contribution in [0, 0.1) is 0 Å². The van der Waals surface area contributed by atoms with E-state index in [-0.39, 0.29) is 0 Å². The molecule has 2 unspecified atom stereocenters. The van der Waals surface area contributed by atoms with Gasteiger partial charge in [0, 0.05) is 38.4 Å². The number of nitrogens with zero attached hydrogens (tertiary/aromatic N) is 3.